The second kappa shape index (κ2) is 9.23. The molecule has 0 atom stereocenters. The molecule has 0 fully saturated rings. The summed E-state index contributed by atoms with van der Waals surface area (Å²) >= 11 is 0. The van der Waals surface area contributed by atoms with Gasteiger partial charge in [0, 0.05) is 18.3 Å². The highest BCUT2D eigenvalue weighted by molar-refractivity contribution is 7.89. The predicted octanol–water partition coefficient (Wildman–Crippen LogP) is 2.42. The van der Waals surface area contributed by atoms with Crippen molar-refractivity contribution < 1.29 is 22.7 Å². The van der Waals surface area contributed by atoms with E-state index in [1.165, 1.54) is 12.1 Å². The Balaban J connectivity index is 2.15. The Morgan fingerprint density at radius 3 is 2.52 bits per heavy atom. The fourth-order valence-corrected chi connectivity index (χ4v) is 4.28. The fourth-order valence-electron chi connectivity index (χ4n) is 2.96. The Morgan fingerprint density at radius 2 is 1.90 bits per heavy atom. The Labute approximate surface area is 171 Å². The van der Waals surface area contributed by atoms with E-state index < -0.39 is 21.9 Å². The Bertz CT molecular complexity index is 1010. The van der Waals surface area contributed by atoms with Crippen molar-refractivity contribution in [3.63, 3.8) is 0 Å². The molecule has 1 amide bonds. The molecule has 0 saturated carbocycles. The summed E-state index contributed by atoms with van der Waals surface area (Å²) in [7, 11) is -3.62. The fraction of sp³-hybridized carbons (Fsp3) is 0.400. The first-order valence-corrected chi connectivity index (χ1v) is 10.8. The van der Waals surface area contributed by atoms with Gasteiger partial charge in [-0.1, -0.05) is 12.1 Å². The number of carbonyl (C=O) groups excluding carboxylic acids is 2. The van der Waals surface area contributed by atoms with E-state index in [0.717, 1.165) is 0 Å². The molecule has 2 aromatic rings. The highest BCUT2D eigenvalue weighted by Crippen LogP contribution is 2.19. The minimum absolute atomic E-state index is 0.134. The van der Waals surface area contributed by atoms with Crippen molar-refractivity contribution in [3.05, 3.63) is 52.3 Å². The van der Waals surface area contributed by atoms with Crippen LogP contribution >= 0.6 is 0 Å². The summed E-state index contributed by atoms with van der Waals surface area (Å²) in [6.45, 7) is 8.96. The highest BCUT2D eigenvalue weighted by Gasteiger charge is 2.23. The minimum atomic E-state index is -3.62. The molecule has 1 heterocycles. The van der Waals surface area contributed by atoms with Crippen LogP contribution in [0.25, 0.3) is 0 Å². The lowest BCUT2D eigenvalue weighted by Crippen LogP contribution is -2.30. The van der Waals surface area contributed by atoms with Gasteiger partial charge in [-0.25, -0.2) is 17.9 Å². The number of benzene rings is 1. The molecule has 29 heavy (non-hydrogen) atoms. The van der Waals surface area contributed by atoms with Gasteiger partial charge < -0.3 is 15.0 Å². The number of sulfonamides is 1. The zero-order valence-corrected chi connectivity index (χ0v) is 18.1. The lowest BCUT2D eigenvalue weighted by Gasteiger charge is -2.11. The van der Waals surface area contributed by atoms with E-state index in [1.54, 1.807) is 46.8 Å². The van der Waals surface area contributed by atoms with E-state index in [4.69, 9.17) is 4.74 Å². The summed E-state index contributed by atoms with van der Waals surface area (Å²) < 4.78 is 32.2. The van der Waals surface area contributed by atoms with E-state index in [2.05, 4.69) is 15.0 Å². The van der Waals surface area contributed by atoms with E-state index in [1.807, 2.05) is 0 Å². The quantitative estimate of drug-likeness (QED) is 0.566. The van der Waals surface area contributed by atoms with Crippen LogP contribution in [0.2, 0.25) is 0 Å². The third kappa shape index (κ3) is 5.45. The average molecular weight is 422 g/mol. The van der Waals surface area contributed by atoms with Crippen molar-refractivity contribution in [2.24, 2.45) is 0 Å². The van der Waals surface area contributed by atoms with Crippen LogP contribution in [0.5, 0.6) is 0 Å². The zero-order chi connectivity index (χ0) is 21.8. The summed E-state index contributed by atoms with van der Waals surface area (Å²) in [5.41, 5.74) is 2.33. The average Bonchev–Trinajstić information content (AvgIpc) is 2.93. The van der Waals surface area contributed by atoms with Gasteiger partial charge in [0.15, 0.2) is 0 Å². The maximum Gasteiger partial charge on any atom is 0.340 e. The van der Waals surface area contributed by atoms with Crippen molar-refractivity contribution in [1.29, 1.82) is 0 Å². The molecule has 8 nitrogen and oxygen atoms in total. The van der Waals surface area contributed by atoms with Crippen molar-refractivity contribution in [3.8, 4) is 0 Å². The topological polar surface area (TPSA) is 117 Å². The van der Waals surface area contributed by atoms with Crippen LogP contribution in [0.4, 0.5) is 0 Å². The summed E-state index contributed by atoms with van der Waals surface area (Å²) in [6, 6.07) is 6.14. The summed E-state index contributed by atoms with van der Waals surface area (Å²) in [5, 5.41) is 2.75. The van der Waals surface area contributed by atoms with Crippen LogP contribution in [0.1, 0.15) is 58.4 Å². The Morgan fingerprint density at radius 1 is 1.21 bits per heavy atom. The van der Waals surface area contributed by atoms with Gasteiger partial charge in [0.25, 0.3) is 5.91 Å². The first-order valence-electron chi connectivity index (χ1n) is 9.32. The lowest BCUT2D eigenvalue weighted by atomic mass is 10.1. The number of aromatic amines is 1. The highest BCUT2D eigenvalue weighted by atomic mass is 32.2. The number of hydrogen-bond donors (Lipinski definition) is 3. The van der Waals surface area contributed by atoms with E-state index in [-0.39, 0.29) is 29.8 Å². The van der Waals surface area contributed by atoms with Crippen LogP contribution < -0.4 is 10.0 Å². The summed E-state index contributed by atoms with van der Waals surface area (Å²) in [5.74, 6) is -0.872. The minimum Gasteiger partial charge on any atom is -0.462 e. The molecule has 0 aliphatic heterocycles. The second-order valence-corrected chi connectivity index (χ2v) is 8.67. The van der Waals surface area contributed by atoms with Crippen LogP contribution in [-0.4, -0.2) is 37.9 Å². The van der Waals surface area contributed by atoms with E-state index >= 15 is 0 Å². The van der Waals surface area contributed by atoms with Gasteiger partial charge in [-0.2, -0.15) is 0 Å². The smallest absolute Gasteiger partial charge is 0.340 e. The van der Waals surface area contributed by atoms with E-state index in [0.29, 0.717) is 22.4 Å². The third-order valence-electron chi connectivity index (χ3n) is 4.20. The van der Waals surface area contributed by atoms with Gasteiger partial charge in [-0.3, -0.25) is 4.79 Å². The Kier molecular flexibility index (Phi) is 7.21. The molecule has 0 unspecified atom stereocenters. The molecule has 9 heteroatoms. The van der Waals surface area contributed by atoms with Crippen molar-refractivity contribution >= 4 is 21.9 Å². The number of ether oxygens (including phenoxy) is 1. The summed E-state index contributed by atoms with van der Waals surface area (Å²) in [6.07, 6.45) is 0. The maximum atomic E-state index is 12.6. The van der Waals surface area contributed by atoms with Crippen molar-refractivity contribution in [2.45, 2.75) is 52.1 Å². The number of amides is 1. The van der Waals surface area contributed by atoms with Gasteiger partial charge in [-0.05, 0) is 57.9 Å². The normalized spacial score (nSPS) is 11.5. The molecule has 158 valence electrons. The van der Waals surface area contributed by atoms with Gasteiger partial charge in [0.2, 0.25) is 10.0 Å². The molecule has 0 spiro atoms. The van der Waals surface area contributed by atoms with Gasteiger partial charge in [-0.15, -0.1) is 0 Å². The van der Waals surface area contributed by atoms with Crippen LogP contribution in [0, 0.1) is 13.8 Å². The van der Waals surface area contributed by atoms with Crippen LogP contribution in [-0.2, 0) is 21.3 Å². The zero-order valence-electron chi connectivity index (χ0n) is 17.3. The number of carbonyl (C=O) groups is 2. The largest absolute Gasteiger partial charge is 0.462 e. The molecule has 0 radical (unpaired) electrons. The number of nitrogens with one attached hydrogen (secondary N) is 3. The van der Waals surface area contributed by atoms with Crippen LogP contribution in [0.15, 0.2) is 29.2 Å². The van der Waals surface area contributed by atoms with Crippen LogP contribution in [0.3, 0.4) is 0 Å². The van der Waals surface area contributed by atoms with Gasteiger partial charge in [0.1, 0.15) is 5.69 Å². The van der Waals surface area contributed by atoms with Crippen molar-refractivity contribution in [1.82, 2.24) is 15.0 Å². The predicted molar refractivity (Wildman–Crippen MR) is 109 cm³/mol. The van der Waals surface area contributed by atoms with Crippen molar-refractivity contribution in [2.75, 3.05) is 6.61 Å². The number of hydrogen-bond acceptors (Lipinski definition) is 5. The molecule has 1 aromatic carbocycles. The first kappa shape index (κ1) is 22.6. The summed E-state index contributed by atoms with van der Waals surface area (Å²) in [4.78, 5) is 27.7. The lowest BCUT2D eigenvalue weighted by molar-refractivity contribution is 0.0525. The standard InChI is InChI=1S/C20H27N3O5S/c1-6-28-20(25)17-13(4)18(22-14(17)5)19(24)21-11-15-8-7-9-16(10-15)29(26,27)23-12(2)3/h7-10,12,22-23H,6,11H2,1-5H3,(H,21,24). The number of rotatable bonds is 8. The van der Waals surface area contributed by atoms with Gasteiger partial charge >= 0.3 is 5.97 Å². The number of aryl methyl sites for hydroxylation is 1. The number of aromatic nitrogens is 1. The first-order chi connectivity index (χ1) is 13.6. The number of esters is 1. The molecule has 2 rings (SSSR count). The molecule has 1 aromatic heterocycles. The number of H-pyrrole nitrogens is 1. The molecule has 0 aliphatic carbocycles. The van der Waals surface area contributed by atoms with Gasteiger partial charge in [0.05, 0.1) is 17.1 Å². The monoisotopic (exact) mass is 421 g/mol. The SMILES string of the molecule is CCOC(=O)c1c(C)[nH]c(C(=O)NCc2cccc(S(=O)(=O)NC(C)C)c2)c1C. The van der Waals surface area contributed by atoms with E-state index in [9.17, 15) is 18.0 Å². The molecule has 0 bridgehead atoms. The molecule has 3 N–H and O–H groups in total. The molecule has 0 aliphatic rings. The molecule has 0 saturated heterocycles. The maximum absolute atomic E-state index is 12.6. The molecular formula is C20H27N3O5S. The third-order valence-corrected chi connectivity index (χ3v) is 5.85. The molecular weight excluding hydrogens is 394 g/mol. The second-order valence-electron chi connectivity index (χ2n) is 6.95. The Hall–Kier alpha value is -2.65.